The molecule has 116 valence electrons. The highest BCUT2D eigenvalue weighted by molar-refractivity contribution is 7.89. The first-order valence-corrected chi connectivity index (χ1v) is 8.07. The first kappa shape index (κ1) is 15.9. The minimum absolute atomic E-state index is 0.106. The van der Waals surface area contributed by atoms with Crippen LogP contribution < -0.4 is 5.32 Å². The molecule has 1 N–H and O–H groups in total. The topological polar surface area (TPSA) is 75.7 Å². The van der Waals surface area contributed by atoms with Gasteiger partial charge in [-0.3, -0.25) is 0 Å². The average Bonchev–Trinajstić information content (AvgIpc) is 2.47. The number of nitrogens with one attached hydrogen (secondary N) is 1. The summed E-state index contributed by atoms with van der Waals surface area (Å²) >= 11 is 0. The number of carbonyl (C=O) groups excluding carboxylic acids is 1. The summed E-state index contributed by atoms with van der Waals surface area (Å²) in [6.07, 6.45) is 0. The lowest BCUT2D eigenvalue weighted by Crippen LogP contribution is -2.46. The van der Waals surface area contributed by atoms with Gasteiger partial charge in [0.05, 0.1) is 17.1 Å². The van der Waals surface area contributed by atoms with Crippen LogP contribution in [0.4, 0.5) is 4.39 Å². The van der Waals surface area contributed by atoms with Crippen molar-refractivity contribution in [2.24, 2.45) is 0 Å². The third kappa shape index (κ3) is 3.58. The van der Waals surface area contributed by atoms with Crippen molar-refractivity contribution in [1.82, 2.24) is 9.62 Å². The average molecular weight is 316 g/mol. The Morgan fingerprint density at radius 2 is 2.00 bits per heavy atom. The van der Waals surface area contributed by atoms with E-state index >= 15 is 0 Å². The van der Waals surface area contributed by atoms with Crippen molar-refractivity contribution in [3.05, 3.63) is 29.6 Å². The number of benzene rings is 1. The molecule has 8 heteroatoms. The standard InChI is InChI=1S/C13H17FN2O4S/c1-2-20-13(17)10-7-11(14)9-12(8-10)21(18,19)16-5-3-15-4-6-16/h7-9,15H,2-6H2,1H3. The first-order chi connectivity index (χ1) is 9.95. The van der Waals surface area contributed by atoms with E-state index < -0.39 is 21.8 Å². The Kier molecular flexibility index (Phi) is 4.92. The number of hydrogen-bond donors (Lipinski definition) is 1. The van der Waals surface area contributed by atoms with Gasteiger partial charge in [-0.05, 0) is 25.1 Å². The van der Waals surface area contributed by atoms with Crippen molar-refractivity contribution < 1.29 is 22.3 Å². The third-order valence-electron chi connectivity index (χ3n) is 3.10. The SMILES string of the molecule is CCOC(=O)c1cc(F)cc(S(=O)(=O)N2CCNCC2)c1. The summed E-state index contributed by atoms with van der Waals surface area (Å²) in [6, 6.07) is 3.04. The van der Waals surface area contributed by atoms with Gasteiger partial charge in [0, 0.05) is 26.2 Å². The summed E-state index contributed by atoms with van der Waals surface area (Å²) in [5, 5.41) is 3.04. The molecular weight excluding hydrogens is 299 g/mol. The molecule has 1 heterocycles. The van der Waals surface area contributed by atoms with Crippen molar-refractivity contribution >= 4 is 16.0 Å². The van der Waals surface area contributed by atoms with Crippen LogP contribution in [0.5, 0.6) is 0 Å². The number of halogens is 1. The highest BCUT2D eigenvalue weighted by Crippen LogP contribution is 2.20. The normalized spacial score (nSPS) is 16.7. The van der Waals surface area contributed by atoms with Crippen molar-refractivity contribution in [1.29, 1.82) is 0 Å². The minimum Gasteiger partial charge on any atom is -0.462 e. The monoisotopic (exact) mass is 316 g/mol. The van der Waals surface area contributed by atoms with Gasteiger partial charge in [-0.25, -0.2) is 17.6 Å². The fraction of sp³-hybridized carbons (Fsp3) is 0.462. The van der Waals surface area contributed by atoms with Gasteiger partial charge in [0.2, 0.25) is 10.0 Å². The van der Waals surface area contributed by atoms with Crippen molar-refractivity contribution in [2.75, 3.05) is 32.8 Å². The Bertz CT molecular complexity index is 627. The molecule has 0 amide bonds. The second-order valence-electron chi connectivity index (χ2n) is 4.55. The molecule has 0 saturated carbocycles. The van der Waals surface area contributed by atoms with Gasteiger partial charge in [0.1, 0.15) is 5.82 Å². The number of rotatable bonds is 4. The van der Waals surface area contributed by atoms with Crippen LogP contribution in [0, 0.1) is 5.82 Å². The smallest absolute Gasteiger partial charge is 0.338 e. The molecule has 0 atom stereocenters. The molecule has 0 bridgehead atoms. The van der Waals surface area contributed by atoms with Crippen LogP contribution >= 0.6 is 0 Å². The van der Waals surface area contributed by atoms with E-state index in [0.717, 1.165) is 18.2 Å². The fourth-order valence-corrected chi connectivity index (χ4v) is 3.58. The Hall–Kier alpha value is -1.51. The summed E-state index contributed by atoms with van der Waals surface area (Å²) in [5.74, 6) is -1.52. The molecule has 1 fully saturated rings. The highest BCUT2D eigenvalue weighted by atomic mass is 32.2. The first-order valence-electron chi connectivity index (χ1n) is 6.63. The zero-order valence-corrected chi connectivity index (χ0v) is 12.5. The minimum atomic E-state index is -3.81. The Morgan fingerprint density at radius 3 is 2.62 bits per heavy atom. The third-order valence-corrected chi connectivity index (χ3v) is 4.97. The van der Waals surface area contributed by atoms with E-state index in [-0.39, 0.29) is 17.1 Å². The maximum atomic E-state index is 13.6. The van der Waals surface area contributed by atoms with Gasteiger partial charge in [-0.2, -0.15) is 4.31 Å². The van der Waals surface area contributed by atoms with Crippen LogP contribution in [-0.4, -0.2) is 51.5 Å². The van der Waals surface area contributed by atoms with Gasteiger partial charge in [-0.1, -0.05) is 0 Å². The fourth-order valence-electron chi connectivity index (χ4n) is 2.08. The summed E-state index contributed by atoms with van der Waals surface area (Å²) in [4.78, 5) is 11.4. The molecule has 0 unspecified atom stereocenters. The van der Waals surface area contributed by atoms with E-state index in [2.05, 4.69) is 5.32 Å². The molecule has 1 aromatic carbocycles. The summed E-state index contributed by atoms with van der Waals surface area (Å²) < 4.78 is 44.6. The lowest BCUT2D eigenvalue weighted by molar-refractivity contribution is 0.0525. The summed E-state index contributed by atoms with van der Waals surface area (Å²) in [6.45, 7) is 3.46. The predicted molar refractivity (Wildman–Crippen MR) is 74.0 cm³/mol. The number of sulfonamides is 1. The molecule has 0 spiro atoms. The van der Waals surface area contributed by atoms with Crippen LogP contribution in [0.2, 0.25) is 0 Å². The zero-order valence-electron chi connectivity index (χ0n) is 11.6. The number of esters is 1. The van der Waals surface area contributed by atoms with Gasteiger partial charge in [-0.15, -0.1) is 0 Å². The van der Waals surface area contributed by atoms with Crippen LogP contribution in [0.25, 0.3) is 0 Å². The van der Waals surface area contributed by atoms with Crippen molar-refractivity contribution in [2.45, 2.75) is 11.8 Å². The van der Waals surface area contributed by atoms with E-state index in [4.69, 9.17) is 4.74 Å². The van der Waals surface area contributed by atoms with E-state index in [1.807, 2.05) is 0 Å². The molecule has 0 aromatic heterocycles. The summed E-state index contributed by atoms with van der Waals surface area (Å²) in [7, 11) is -3.81. The second-order valence-corrected chi connectivity index (χ2v) is 6.49. The molecule has 1 saturated heterocycles. The number of carbonyl (C=O) groups is 1. The number of nitrogens with zero attached hydrogens (tertiary/aromatic N) is 1. The van der Waals surface area contributed by atoms with E-state index in [0.29, 0.717) is 26.2 Å². The molecule has 0 aliphatic carbocycles. The molecule has 1 aliphatic rings. The molecule has 21 heavy (non-hydrogen) atoms. The Labute approximate surface area is 122 Å². The number of piperazine rings is 1. The highest BCUT2D eigenvalue weighted by Gasteiger charge is 2.27. The van der Waals surface area contributed by atoms with E-state index in [1.165, 1.54) is 4.31 Å². The maximum Gasteiger partial charge on any atom is 0.338 e. The maximum absolute atomic E-state index is 13.6. The molecule has 0 radical (unpaired) electrons. The quantitative estimate of drug-likeness (QED) is 0.823. The summed E-state index contributed by atoms with van der Waals surface area (Å²) in [5.41, 5.74) is -0.106. The van der Waals surface area contributed by atoms with Gasteiger partial charge < -0.3 is 10.1 Å². The van der Waals surface area contributed by atoms with Gasteiger partial charge >= 0.3 is 5.97 Å². The Balaban J connectivity index is 2.36. The van der Waals surface area contributed by atoms with Gasteiger partial charge in [0.15, 0.2) is 0 Å². The van der Waals surface area contributed by atoms with Crippen molar-refractivity contribution in [3.8, 4) is 0 Å². The van der Waals surface area contributed by atoms with Crippen LogP contribution in [0.15, 0.2) is 23.1 Å². The molecule has 2 rings (SSSR count). The Morgan fingerprint density at radius 1 is 1.33 bits per heavy atom. The van der Waals surface area contributed by atoms with E-state index in [1.54, 1.807) is 6.92 Å². The van der Waals surface area contributed by atoms with Crippen LogP contribution in [0.1, 0.15) is 17.3 Å². The van der Waals surface area contributed by atoms with Crippen LogP contribution in [-0.2, 0) is 14.8 Å². The molecular formula is C13H17FN2O4S. The van der Waals surface area contributed by atoms with E-state index in [9.17, 15) is 17.6 Å². The van der Waals surface area contributed by atoms with Crippen molar-refractivity contribution in [3.63, 3.8) is 0 Å². The number of ether oxygens (including phenoxy) is 1. The molecule has 1 aliphatic heterocycles. The lowest BCUT2D eigenvalue weighted by atomic mass is 10.2. The largest absolute Gasteiger partial charge is 0.462 e. The predicted octanol–water partition coefficient (Wildman–Crippen LogP) is 0.596. The zero-order chi connectivity index (χ0) is 15.5. The second kappa shape index (κ2) is 6.50. The molecule has 1 aromatic rings. The van der Waals surface area contributed by atoms with Gasteiger partial charge in [0.25, 0.3) is 0 Å². The number of hydrogen-bond acceptors (Lipinski definition) is 5. The van der Waals surface area contributed by atoms with Crippen LogP contribution in [0.3, 0.4) is 0 Å². The molecule has 6 nitrogen and oxygen atoms in total. The lowest BCUT2D eigenvalue weighted by Gasteiger charge is -2.26.